The predicted molar refractivity (Wildman–Crippen MR) is 97.6 cm³/mol. The third kappa shape index (κ3) is 3.59. The summed E-state index contributed by atoms with van der Waals surface area (Å²) in [4.78, 5) is 24.5. The number of carbonyl (C=O) groups excluding carboxylic acids is 1. The van der Waals surface area contributed by atoms with E-state index < -0.39 is 0 Å². The maximum absolute atomic E-state index is 12.3. The first-order valence-electron chi connectivity index (χ1n) is 8.97. The summed E-state index contributed by atoms with van der Waals surface area (Å²) < 4.78 is 6.98. The zero-order valence-corrected chi connectivity index (χ0v) is 15.1. The Labute approximate surface area is 156 Å². The molecule has 1 saturated heterocycles. The van der Waals surface area contributed by atoms with E-state index in [1.807, 2.05) is 25.1 Å². The van der Waals surface area contributed by atoms with Crippen LogP contribution in [0.5, 0.6) is 0 Å². The largest absolute Gasteiger partial charge is 0.450 e. The fraction of sp³-hybridized carbons (Fsp3) is 0.389. The second-order valence-electron chi connectivity index (χ2n) is 6.35. The van der Waals surface area contributed by atoms with Gasteiger partial charge >= 0.3 is 6.09 Å². The van der Waals surface area contributed by atoms with Gasteiger partial charge < -0.3 is 9.64 Å². The van der Waals surface area contributed by atoms with Gasteiger partial charge in [0.05, 0.1) is 19.3 Å². The molecule has 4 rings (SSSR count). The third-order valence-corrected chi connectivity index (χ3v) is 4.65. The lowest BCUT2D eigenvalue weighted by atomic mass is 10.2. The number of hydrogen-bond donors (Lipinski definition) is 0. The molecule has 1 fully saturated rings. The summed E-state index contributed by atoms with van der Waals surface area (Å²) in [5, 5.41) is 8.44. The Balaban J connectivity index is 1.65. The molecule has 0 N–H and O–H groups in total. The summed E-state index contributed by atoms with van der Waals surface area (Å²) in [6.45, 7) is 4.67. The number of piperazine rings is 1. The molecule has 1 aliphatic rings. The lowest BCUT2D eigenvalue weighted by Gasteiger charge is -2.40. The number of benzene rings is 1. The highest BCUT2D eigenvalue weighted by Gasteiger charge is 2.33. The molecular weight excluding hydrogens is 346 g/mol. The van der Waals surface area contributed by atoms with Crippen molar-refractivity contribution in [1.29, 1.82) is 0 Å². The van der Waals surface area contributed by atoms with E-state index in [9.17, 15) is 4.79 Å². The SMILES string of the molecule is CCOC(=O)N1CCN(Cc2ccccc2)C(n2nnc3ncncc32)C1. The van der Waals surface area contributed by atoms with Crippen molar-refractivity contribution in [3.8, 4) is 0 Å². The van der Waals surface area contributed by atoms with Crippen molar-refractivity contribution in [2.24, 2.45) is 0 Å². The van der Waals surface area contributed by atoms with Crippen molar-refractivity contribution in [1.82, 2.24) is 34.8 Å². The maximum atomic E-state index is 12.3. The van der Waals surface area contributed by atoms with Crippen LogP contribution in [0.25, 0.3) is 11.2 Å². The van der Waals surface area contributed by atoms with Gasteiger partial charge in [0.2, 0.25) is 5.65 Å². The Bertz CT molecular complexity index is 914. The van der Waals surface area contributed by atoms with Gasteiger partial charge in [-0.2, -0.15) is 0 Å². The Morgan fingerprint density at radius 1 is 1.26 bits per heavy atom. The molecule has 1 atom stereocenters. The molecule has 0 bridgehead atoms. The first-order chi connectivity index (χ1) is 13.3. The van der Waals surface area contributed by atoms with E-state index in [0.29, 0.717) is 31.9 Å². The highest BCUT2D eigenvalue weighted by molar-refractivity contribution is 5.69. The third-order valence-electron chi connectivity index (χ3n) is 4.65. The second kappa shape index (κ2) is 7.67. The zero-order valence-electron chi connectivity index (χ0n) is 15.1. The predicted octanol–water partition coefficient (Wildman–Crippen LogP) is 1.69. The van der Waals surface area contributed by atoms with Crippen molar-refractivity contribution in [2.45, 2.75) is 19.6 Å². The molecule has 3 aromatic rings. The minimum absolute atomic E-state index is 0.181. The fourth-order valence-corrected chi connectivity index (χ4v) is 3.33. The number of carbonyl (C=O) groups is 1. The van der Waals surface area contributed by atoms with Gasteiger partial charge in [-0.3, -0.25) is 4.90 Å². The van der Waals surface area contributed by atoms with Gasteiger partial charge in [-0.15, -0.1) is 5.10 Å². The molecular formula is C18H21N7O2. The summed E-state index contributed by atoms with van der Waals surface area (Å²) in [6.07, 6.45) is 2.67. The Morgan fingerprint density at radius 2 is 2.11 bits per heavy atom. The molecule has 0 radical (unpaired) electrons. The van der Waals surface area contributed by atoms with Crippen molar-refractivity contribution in [3.05, 3.63) is 48.4 Å². The van der Waals surface area contributed by atoms with Crippen molar-refractivity contribution < 1.29 is 9.53 Å². The van der Waals surface area contributed by atoms with Crippen LogP contribution >= 0.6 is 0 Å². The Morgan fingerprint density at radius 3 is 2.93 bits per heavy atom. The number of aromatic nitrogens is 5. The summed E-state index contributed by atoms with van der Waals surface area (Å²) >= 11 is 0. The highest BCUT2D eigenvalue weighted by atomic mass is 16.6. The van der Waals surface area contributed by atoms with Gasteiger partial charge in [-0.05, 0) is 12.5 Å². The van der Waals surface area contributed by atoms with Crippen LogP contribution in [-0.2, 0) is 11.3 Å². The van der Waals surface area contributed by atoms with Crippen LogP contribution in [0.15, 0.2) is 42.9 Å². The molecule has 2 aromatic heterocycles. The average Bonchev–Trinajstić information content (AvgIpc) is 3.13. The second-order valence-corrected chi connectivity index (χ2v) is 6.35. The normalized spacial score (nSPS) is 18.0. The monoisotopic (exact) mass is 367 g/mol. The summed E-state index contributed by atoms with van der Waals surface area (Å²) in [6, 6.07) is 10.2. The van der Waals surface area contributed by atoms with Gasteiger partial charge in [0.15, 0.2) is 0 Å². The number of amides is 1. The van der Waals surface area contributed by atoms with Gasteiger partial charge in [0.25, 0.3) is 0 Å². The molecule has 1 unspecified atom stereocenters. The van der Waals surface area contributed by atoms with Gasteiger partial charge in [0.1, 0.15) is 18.0 Å². The molecule has 1 amide bonds. The van der Waals surface area contributed by atoms with Crippen molar-refractivity contribution >= 4 is 17.3 Å². The van der Waals surface area contributed by atoms with E-state index in [1.54, 1.807) is 15.8 Å². The molecule has 1 aromatic carbocycles. The minimum atomic E-state index is -0.303. The molecule has 27 heavy (non-hydrogen) atoms. The molecule has 140 valence electrons. The van der Waals surface area contributed by atoms with Gasteiger partial charge in [-0.25, -0.2) is 19.4 Å². The van der Waals surface area contributed by atoms with Crippen LogP contribution in [0, 0.1) is 0 Å². The first-order valence-corrected chi connectivity index (χ1v) is 8.97. The van der Waals surface area contributed by atoms with E-state index in [2.05, 4.69) is 37.3 Å². The van der Waals surface area contributed by atoms with Crippen LogP contribution in [0.4, 0.5) is 4.79 Å². The molecule has 0 saturated carbocycles. The number of ether oxygens (including phenoxy) is 1. The quantitative estimate of drug-likeness (QED) is 0.693. The lowest BCUT2D eigenvalue weighted by molar-refractivity contribution is 0.0179. The van der Waals surface area contributed by atoms with Crippen LogP contribution in [0.3, 0.4) is 0 Å². The Hall–Kier alpha value is -3.07. The van der Waals surface area contributed by atoms with Gasteiger partial charge in [0, 0.05) is 19.6 Å². The summed E-state index contributed by atoms with van der Waals surface area (Å²) in [7, 11) is 0. The molecule has 0 spiro atoms. The minimum Gasteiger partial charge on any atom is -0.450 e. The zero-order chi connectivity index (χ0) is 18.6. The van der Waals surface area contributed by atoms with Crippen LogP contribution < -0.4 is 0 Å². The molecule has 0 aliphatic carbocycles. The molecule has 3 heterocycles. The molecule has 9 heteroatoms. The van der Waals surface area contributed by atoms with Gasteiger partial charge in [-0.1, -0.05) is 35.5 Å². The van der Waals surface area contributed by atoms with E-state index in [-0.39, 0.29) is 12.3 Å². The number of fused-ring (bicyclic) bond motifs is 1. The fourth-order valence-electron chi connectivity index (χ4n) is 3.33. The van der Waals surface area contributed by atoms with Crippen molar-refractivity contribution in [3.63, 3.8) is 0 Å². The van der Waals surface area contributed by atoms with Crippen LogP contribution in [0.1, 0.15) is 18.7 Å². The van der Waals surface area contributed by atoms with E-state index >= 15 is 0 Å². The van der Waals surface area contributed by atoms with Crippen molar-refractivity contribution in [2.75, 3.05) is 26.2 Å². The number of nitrogens with zero attached hydrogens (tertiary/aromatic N) is 7. The van der Waals surface area contributed by atoms with E-state index in [0.717, 1.165) is 12.1 Å². The maximum Gasteiger partial charge on any atom is 0.409 e. The van der Waals surface area contributed by atoms with Crippen LogP contribution in [0.2, 0.25) is 0 Å². The molecule has 1 aliphatic heterocycles. The lowest BCUT2D eigenvalue weighted by Crippen LogP contribution is -2.52. The summed E-state index contributed by atoms with van der Waals surface area (Å²) in [5.74, 6) is 0. The van der Waals surface area contributed by atoms with E-state index in [4.69, 9.17) is 4.74 Å². The standard InChI is InChI=1S/C18H21N7O2/c1-2-27-18(26)24-9-8-23(11-14-6-4-3-5-7-14)16(12-24)25-15-10-19-13-20-17(15)21-22-25/h3-7,10,13,16H,2,8-9,11-12H2,1H3. The first kappa shape index (κ1) is 17.3. The Kier molecular flexibility index (Phi) is 4.93. The van der Waals surface area contributed by atoms with E-state index in [1.165, 1.54) is 11.9 Å². The number of hydrogen-bond acceptors (Lipinski definition) is 7. The topological polar surface area (TPSA) is 89.3 Å². The average molecular weight is 367 g/mol. The molecule has 9 nitrogen and oxygen atoms in total. The smallest absolute Gasteiger partial charge is 0.409 e. The summed E-state index contributed by atoms with van der Waals surface area (Å²) in [5.41, 5.74) is 2.48. The number of rotatable bonds is 4. The van der Waals surface area contributed by atoms with Crippen LogP contribution in [-0.4, -0.2) is 67.1 Å². The highest BCUT2D eigenvalue weighted by Crippen LogP contribution is 2.24.